The number of para-hydroxylation sites is 2. The summed E-state index contributed by atoms with van der Waals surface area (Å²) >= 11 is 4.18. The summed E-state index contributed by atoms with van der Waals surface area (Å²) < 4.78 is 12.6. The van der Waals surface area contributed by atoms with E-state index in [1.54, 1.807) is 24.3 Å². The fourth-order valence-electron chi connectivity index (χ4n) is 1.88. The van der Waals surface area contributed by atoms with Crippen molar-refractivity contribution in [3.05, 3.63) is 49.1 Å². The first kappa shape index (κ1) is 19.8. The van der Waals surface area contributed by atoms with Crippen molar-refractivity contribution in [3.63, 3.8) is 0 Å². The van der Waals surface area contributed by atoms with Crippen LogP contribution in [0.5, 0.6) is 17.2 Å². The van der Waals surface area contributed by atoms with Gasteiger partial charge in [0.2, 0.25) is 0 Å². The lowest BCUT2D eigenvalue weighted by molar-refractivity contribution is -0.123. The zero-order chi connectivity index (χ0) is 18.2. The number of hydrogen-bond acceptors (Lipinski definition) is 5. The summed E-state index contributed by atoms with van der Waals surface area (Å²) in [6, 6.07) is 10.7. The van der Waals surface area contributed by atoms with E-state index in [1.807, 2.05) is 41.6 Å². The molecule has 0 saturated carbocycles. The molecule has 0 aliphatic carbocycles. The molecule has 2 aromatic rings. The van der Waals surface area contributed by atoms with Crippen molar-refractivity contribution in [2.45, 2.75) is 6.92 Å². The van der Waals surface area contributed by atoms with Gasteiger partial charge in [-0.05, 0) is 76.4 Å². The van der Waals surface area contributed by atoms with Gasteiger partial charge >= 0.3 is 0 Å². The molecular formula is C17H16I2N2O4. The van der Waals surface area contributed by atoms with Crippen LogP contribution in [0.25, 0.3) is 0 Å². The van der Waals surface area contributed by atoms with Crippen molar-refractivity contribution < 1.29 is 19.4 Å². The molecular weight excluding hydrogens is 550 g/mol. The molecule has 0 saturated heterocycles. The Morgan fingerprint density at radius 2 is 1.92 bits per heavy atom. The van der Waals surface area contributed by atoms with Gasteiger partial charge in [0.15, 0.2) is 18.1 Å². The molecule has 0 aromatic heterocycles. The van der Waals surface area contributed by atoms with Crippen LogP contribution in [0.4, 0.5) is 0 Å². The number of hydrogen-bond donors (Lipinski definition) is 2. The van der Waals surface area contributed by atoms with Gasteiger partial charge in [0.1, 0.15) is 5.75 Å². The monoisotopic (exact) mass is 566 g/mol. The number of carbonyl (C=O) groups excluding carboxylic acids is 1. The molecule has 1 amide bonds. The number of nitrogens with zero attached hydrogens (tertiary/aromatic N) is 1. The Morgan fingerprint density at radius 1 is 1.24 bits per heavy atom. The predicted molar refractivity (Wildman–Crippen MR) is 112 cm³/mol. The van der Waals surface area contributed by atoms with E-state index >= 15 is 0 Å². The highest BCUT2D eigenvalue weighted by Gasteiger charge is 2.08. The summed E-state index contributed by atoms with van der Waals surface area (Å²) in [4.78, 5) is 11.8. The Bertz CT molecular complexity index is 781. The third kappa shape index (κ3) is 6.03. The highest BCUT2D eigenvalue weighted by molar-refractivity contribution is 14.1. The number of benzene rings is 2. The van der Waals surface area contributed by atoms with Crippen LogP contribution < -0.4 is 14.9 Å². The zero-order valence-corrected chi connectivity index (χ0v) is 17.6. The third-order valence-electron chi connectivity index (χ3n) is 2.96. The number of halogens is 2. The summed E-state index contributed by atoms with van der Waals surface area (Å²) in [7, 11) is 0. The van der Waals surface area contributed by atoms with Crippen molar-refractivity contribution in [1.82, 2.24) is 5.43 Å². The number of carbonyl (C=O) groups is 1. The number of phenolic OH excluding ortho intramolecular Hbond substituents is 1. The molecule has 0 radical (unpaired) electrons. The first-order chi connectivity index (χ1) is 12.0. The average molecular weight is 566 g/mol. The third-order valence-corrected chi connectivity index (χ3v) is 4.40. The van der Waals surface area contributed by atoms with Crippen molar-refractivity contribution in [2.24, 2.45) is 5.10 Å². The van der Waals surface area contributed by atoms with Crippen molar-refractivity contribution in [2.75, 3.05) is 13.2 Å². The lowest BCUT2D eigenvalue weighted by atomic mass is 10.2. The fourth-order valence-corrected chi connectivity index (χ4v) is 3.77. The molecule has 2 aromatic carbocycles. The molecule has 0 fully saturated rings. The quantitative estimate of drug-likeness (QED) is 0.306. The first-order valence-corrected chi connectivity index (χ1v) is 9.51. The van der Waals surface area contributed by atoms with Gasteiger partial charge in [0.25, 0.3) is 5.91 Å². The average Bonchev–Trinajstić information content (AvgIpc) is 2.58. The van der Waals surface area contributed by atoms with Gasteiger partial charge in [-0.2, -0.15) is 5.10 Å². The van der Waals surface area contributed by atoms with Crippen LogP contribution in [-0.4, -0.2) is 30.4 Å². The van der Waals surface area contributed by atoms with Crippen LogP contribution >= 0.6 is 45.2 Å². The van der Waals surface area contributed by atoms with Crippen LogP contribution in [0.15, 0.2) is 41.5 Å². The van der Waals surface area contributed by atoms with E-state index in [0.717, 1.165) is 3.57 Å². The van der Waals surface area contributed by atoms with E-state index in [4.69, 9.17) is 9.47 Å². The van der Waals surface area contributed by atoms with E-state index in [1.165, 1.54) is 6.21 Å². The summed E-state index contributed by atoms with van der Waals surface area (Å²) in [5.41, 5.74) is 2.89. The van der Waals surface area contributed by atoms with E-state index in [0.29, 0.717) is 27.2 Å². The summed E-state index contributed by atoms with van der Waals surface area (Å²) in [6.45, 7) is 2.19. The Hall–Kier alpha value is -1.56. The van der Waals surface area contributed by atoms with Crippen molar-refractivity contribution >= 4 is 57.3 Å². The molecule has 0 heterocycles. The van der Waals surface area contributed by atoms with Gasteiger partial charge in [0, 0.05) is 9.13 Å². The van der Waals surface area contributed by atoms with Gasteiger partial charge < -0.3 is 14.6 Å². The minimum absolute atomic E-state index is 0.126. The highest BCUT2D eigenvalue weighted by Crippen LogP contribution is 2.26. The molecule has 0 spiro atoms. The molecule has 0 aliphatic rings. The number of rotatable bonds is 7. The fraction of sp³-hybridized carbons (Fsp3) is 0.176. The molecule has 0 bridgehead atoms. The van der Waals surface area contributed by atoms with Gasteiger partial charge in [-0.3, -0.25) is 4.79 Å². The predicted octanol–water partition coefficient (Wildman–Crippen LogP) is 3.53. The molecule has 2 rings (SSSR count). The number of aromatic hydroxyl groups is 1. The van der Waals surface area contributed by atoms with E-state index in [9.17, 15) is 9.90 Å². The molecule has 132 valence electrons. The summed E-state index contributed by atoms with van der Waals surface area (Å²) in [5.74, 6) is 0.788. The molecule has 25 heavy (non-hydrogen) atoms. The topological polar surface area (TPSA) is 80.2 Å². The maximum Gasteiger partial charge on any atom is 0.277 e. The Balaban J connectivity index is 1.91. The van der Waals surface area contributed by atoms with E-state index in [-0.39, 0.29) is 12.4 Å². The minimum Gasteiger partial charge on any atom is -0.506 e. The van der Waals surface area contributed by atoms with Crippen LogP contribution in [0, 0.1) is 7.14 Å². The lowest BCUT2D eigenvalue weighted by Crippen LogP contribution is -2.24. The maximum absolute atomic E-state index is 11.8. The number of ether oxygens (including phenoxy) is 2. The summed E-state index contributed by atoms with van der Waals surface area (Å²) in [6.07, 6.45) is 1.39. The van der Waals surface area contributed by atoms with E-state index < -0.39 is 5.91 Å². The second-order valence-electron chi connectivity index (χ2n) is 4.79. The normalized spacial score (nSPS) is 10.7. The first-order valence-electron chi connectivity index (χ1n) is 7.35. The molecule has 0 aliphatic heterocycles. The molecule has 0 unspecified atom stereocenters. The van der Waals surface area contributed by atoms with Gasteiger partial charge in [-0.15, -0.1) is 0 Å². The van der Waals surface area contributed by atoms with Crippen molar-refractivity contribution in [3.8, 4) is 17.2 Å². The zero-order valence-electron chi connectivity index (χ0n) is 13.3. The summed E-state index contributed by atoms with van der Waals surface area (Å²) in [5, 5.41) is 13.8. The Labute approximate surface area is 172 Å². The second-order valence-corrected chi connectivity index (χ2v) is 7.19. The lowest BCUT2D eigenvalue weighted by Gasteiger charge is -2.10. The second kappa shape index (κ2) is 9.80. The van der Waals surface area contributed by atoms with Crippen LogP contribution in [0.1, 0.15) is 12.5 Å². The Morgan fingerprint density at radius 3 is 2.60 bits per heavy atom. The number of nitrogens with one attached hydrogen (secondary N) is 1. The molecule has 2 N–H and O–H groups in total. The number of amides is 1. The Kier molecular flexibility index (Phi) is 7.75. The van der Waals surface area contributed by atoms with Crippen LogP contribution in [0.2, 0.25) is 0 Å². The molecule has 6 nitrogen and oxygen atoms in total. The van der Waals surface area contributed by atoms with Crippen LogP contribution in [-0.2, 0) is 4.79 Å². The van der Waals surface area contributed by atoms with Gasteiger partial charge in [0.05, 0.1) is 16.4 Å². The molecule has 0 atom stereocenters. The number of phenols is 1. The molecule has 8 heteroatoms. The van der Waals surface area contributed by atoms with Crippen molar-refractivity contribution in [1.29, 1.82) is 0 Å². The SMILES string of the molecule is CCOc1ccccc1OCC(=O)N/N=C\c1cc(I)cc(I)c1O. The maximum atomic E-state index is 11.8. The van der Waals surface area contributed by atoms with Gasteiger partial charge in [-0.25, -0.2) is 5.43 Å². The van der Waals surface area contributed by atoms with Gasteiger partial charge in [-0.1, -0.05) is 12.1 Å². The highest BCUT2D eigenvalue weighted by atomic mass is 127. The standard InChI is InChI=1S/C17H16I2N2O4/c1-2-24-14-5-3-4-6-15(14)25-10-16(22)21-20-9-11-7-12(18)8-13(19)17(11)23/h3-9,23H,2,10H2,1H3,(H,21,22)/b20-9-. The van der Waals surface area contributed by atoms with E-state index in [2.05, 4.69) is 33.1 Å². The smallest absolute Gasteiger partial charge is 0.277 e. The minimum atomic E-state index is -0.414. The van der Waals surface area contributed by atoms with Crippen LogP contribution in [0.3, 0.4) is 0 Å². The largest absolute Gasteiger partial charge is 0.506 e. The number of hydrazone groups is 1.